The summed E-state index contributed by atoms with van der Waals surface area (Å²) in [5.74, 6) is -2.26. The summed E-state index contributed by atoms with van der Waals surface area (Å²) in [6, 6.07) is 22.7. The van der Waals surface area contributed by atoms with Gasteiger partial charge in [0.2, 0.25) is 11.8 Å². The largest absolute Gasteiger partial charge is 0.416 e. The zero-order valence-corrected chi connectivity index (χ0v) is 32.6. The predicted octanol–water partition coefficient (Wildman–Crippen LogP) is 8.31. The number of esters is 2. The van der Waals surface area contributed by atoms with Crippen LogP contribution in [-0.2, 0) is 33.6 Å². The van der Waals surface area contributed by atoms with Crippen molar-refractivity contribution in [2.75, 3.05) is 13.1 Å². The Morgan fingerprint density at radius 1 is 0.621 bits per heavy atom. The lowest BCUT2D eigenvalue weighted by Gasteiger charge is -2.35. The number of nitrogens with one attached hydrogen (secondary N) is 2. The molecule has 0 saturated carbocycles. The van der Waals surface area contributed by atoms with Crippen LogP contribution in [0.25, 0.3) is 0 Å². The summed E-state index contributed by atoms with van der Waals surface area (Å²) in [6.45, 7) is 5.98. The molecule has 2 saturated heterocycles. The zero-order valence-electron chi connectivity index (χ0n) is 32.6. The van der Waals surface area contributed by atoms with Gasteiger partial charge in [-0.25, -0.2) is 14.0 Å². The SMILES string of the molecule is C[C@H](NC(=O)C1CCCCN1Cc1ccc(C(F)(F)F)cc1)c1ccc(C(=O)OC(=O)c2ccc([C@H](C)NC(=O)[C@H]3CCCCN3Cc3ccc(F)cc3)cc2)cc1. The third-order valence-electron chi connectivity index (χ3n) is 11.0. The van der Waals surface area contributed by atoms with Gasteiger partial charge in [-0.2, -0.15) is 13.2 Å². The maximum atomic E-state index is 13.4. The minimum Gasteiger partial charge on any atom is -0.386 e. The molecule has 4 aromatic rings. The molecule has 2 aliphatic rings. The summed E-state index contributed by atoms with van der Waals surface area (Å²) in [6.07, 6.45) is 0.577. The van der Waals surface area contributed by atoms with Gasteiger partial charge in [0.1, 0.15) is 5.82 Å². The Bertz CT molecular complexity index is 2040. The van der Waals surface area contributed by atoms with Gasteiger partial charge in [-0.05, 0) is 123 Å². The number of amides is 2. The minimum absolute atomic E-state index is 0.100. The summed E-state index contributed by atoms with van der Waals surface area (Å²) in [5.41, 5.74) is 2.72. The monoisotopic (exact) mass is 800 g/mol. The molecule has 2 heterocycles. The Hall–Kier alpha value is -5.40. The number of alkyl halides is 3. The molecule has 2 aliphatic heterocycles. The molecular weight excluding hydrogens is 753 g/mol. The summed E-state index contributed by atoms with van der Waals surface area (Å²) in [4.78, 5) is 56.7. The first-order valence-corrected chi connectivity index (χ1v) is 19.7. The summed E-state index contributed by atoms with van der Waals surface area (Å²) < 4.78 is 57.6. The highest BCUT2D eigenvalue weighted by molar-refractivity contribution is 6.02. The van der Waals surface area contributed by atoms with Gasteiger partial charge in [0.15, 0.2) is 0 Å². The van der Waals surface area contributed by atoms with Crippen LogP contribution in [0.5, 0.6) is 0 Å². The van der Waals surface area contributed by atoms with Crippen LogP contribution in [0, 0.1) is 5.82 Å². The second kappa shape index (κ2) is 18.9. The number of piperidine rings is 2. The average molecular weight is 801 g/mol. The standard InChI is InChI=1S/C45H48F4N4O5/c1-29(50-41(54)39-7-3-5-25-52(39)27-31-9-21-37(22-10-31)45(47,48)49)33-13-17-35(18-14-33)43(56)58-44(57)36-19-15-34(16-20-36)30(2)51-42(55)40-8-4-6-26-53(40)28-32-11-23-38(46)24-12-32/h9-24,29-30,39-40H,3-8,25-28H2,1-2H3,(H,50,54)(H,51,55)/t29-,30-,39?,40+/m0/s1. The number of likely N-dealkylation sites (tertiary alicyclic amines) is 2. The molecule has 0 aliphatic carbocycles. The van der Waals surface area contributed by atoms with Gasteiger partial charge in [-0.3, -0.25) is 19.4 Å². The molecule has 58 heavy (non-hydrogen) atoms. The first-order valence-electron chi connectivity index (χ1n) is 19.7. The van der Waals surface area contributed by atoms with E-state index in [0.29, 0.717) is 31.6 Å². The van der Waals surface area contributed by atoms with Crippen molar-refractivity contribution in [3.05, 3.63) is 142 Å². The second-order valence-corrected chi connectivity index (χ2v) is 15.2. The molecule has 0 aromatic heterocycles. The highest BCUT2D eigenvalue weighted by Gasteiger charge is 2.33. The van der Waals surface area contributed by atoms with Crippen LogP contribution in [0.1, 0.15) is 113 Å². The molecule has 13 heteroatoms. The van der Waals surface area contributed by atoms with Crippen molar-refractivity contribution in [2.45, 2.75) is 95.8 Å². The molecular formula is C45H48F4N4O5. The summed E-state index contributed by atoms with van der Waals surface area (Å²) in [7, 11) is 0. The highest BCUT2D eigenvalue weighted by atomic mass is 19.4. The van der Waals surface area contributed by atoms with Crippen LogP contribution in [0.4, 0.5) is 17.6 Å². The zero-order chi connectivity index (χ0) is 41.4. The van der Waals surface area contributed by atoms with E-state index >= 15 is 0 Å². The van der Waals surface area contributed by atoms with Crippen molar-refractivity contribution >= 4 is 23.8 Å². The molecule has 0 bridgehead atoms. The molecule has 2 N–H and O–H groups in total. The molecule has 4 aromatic carbocycles. The van der Waals surface area contributed by atoms with E-state index in [0.717, 1.165) is 67.5 Å². The molecule has 0 radical (unpaired) electrons. The third kappa shape index (κ3) is 11.0. The number of carbonyl (C=O) groups excluding carboxylic acids is 4. The van der Waals surface area contributed by atoms with E-state index in [1.54, 1.807) is 48.5 Å². The predicted molar refractivity (Wildman–Crippen MR) is 210 cm³/mol. The van der Waals surface area contributed by atoms with Crippen LogP contribution in [0.3, 0.4) is 0 Å². The maximum Gasteiger partial charge on any atom is 0.416 e. The number of hydrogen-bond donors (Lipinski definition) is 2. The van der Waals surface area contributed by atoms with Crippen molar-refractivity contribution in [1.29, 1.82) is 0 Å². The van der Waals surface area contributed by atoms with Gasteiger partial charge < -0.3 is 15.4 Å². The van der Waals surface area contributed by atoms with Crippen molar-refractivity contribution in [2.24, 2.45) is 0 Å². The van der Waals surface area contributed by atoms with Gasteiger partial charge in [0, 0.05) is 13.1 Å². The molecule has 2 amide bonds. The van der Waals surface area contributed by atoms with Crippen LogP contribution in [0.15, 0.2) is 97.1 Å². The fourth-order valence-electron chi connectivity index (χ4n) is 7.62. The quantitative estimate of drug-likeness (QED) is 0.0844. The van der Waals surface area contributed by atoms with E-state index in [-0.39, 0.29) is 40.8 Å². The van der Waals surface area contributed by atoms with Gasteiger partial charge in [-0.1, -0.05) is 61.4 Å². The molecule has 4 atom stereocenters. The number of hydrogen-bond acceptors (Lipinski definition) is 7. The third-order valence-corrected chi connectivity index (χ3v) is 11.0. The fourth-order valence-corrected chi connectivity index (χ4v) is 7.62. The van der Waals surface area contributed by atoms with Gasteiger partial charge in [0.05, 0.1) is 40.9 Å². The normalized spacial score (nSPS) is 18.8. The lowest BCUT2D eigenvalue weighted by atomic mass is 9.99. The maximum absolute atomic E-state index is 13.4. The summed E-state index contributed by atoms with van der Waals surface area (Å²) >= 11 is 0. The van der Waals surface area contributed by atoms with E-state index in [1.165, 1.54) is 36.4 Å². The Morgan fingerprint density at radius 3 is 1.41 bits per heavy atom. The Kier molecular flexibility index (Phi) is 13.8. The molecule has 2 fully saturated rings. The van der Waals surface area contributed by atoms with E-state index < -0.39 is 35.8 Å². The van der Waals surface area contributed by atoms with Crippen LogP contribution in [0.2, 0.25) is 0 Å². The van der Waals surface area contributed by atoms with Crippen LogP contribution < -0.4 is 10.6 Å². The molecule has 0 spiro atoms. The molecule has 6 rings (SSSR count). The fraction of sp³-hybridized carbons (Fsp3) is 0.378. The molecule has 9 nitrogen and oxygen atoms in total. The van der Waals surface area contributed by atoms with Crippen molar-refractivity contribution in [3.63, 3.8) is 0 Å². The van der Waals surface area contributed by atoms with E-state index in [2.05, 4.69) is 15.5 Å². The van der Waals surface area contributed by atoms with Gasteiger partial charge >= 0.3 is 18.1 Å². The highest BCUT2D eigenvalue weighted by Crippen LogP contribution is 2.30. The number of benzene rings is 4. The van der Waals surface area contributed by atoms with Crippen molar-refractivity contribution in [3.8, 4) is 0 Å². The van der Waals surface area contributed by atoms with Crippen molar-refractivity contribution < 1.29 is 41.5 Å². The topological polar surface area (TPSA) is 108 Å². The van der Waals surface area contributed by atoms with E-state index in [9.17, 15) is 36.7 Å². The number of rotatable bonds is 12. The lowest BCUT2D eigenvalue weighted by Crippen LogP contribution is -2.49. The van der Waals surface area contributed by atoms with Gasteiger partial charge in [0.25, 0.3) is 0 Å². The smallest absolute Gasteiger partial charge is 0.386 e. The second-order valence-electron chi connectivity index (χ2n) is 15.2. The number of nitrogens with zero attached hydrogens (tertiary/aromatic N) is 2. The summed E-state index contributed by atoms with van der Waals surface area (Å²) in [5, 5.41) is 6.11. The van der Waals surface area contributed by atoms with Gasteiger partial charge in [-0.15, -0.1) is 0 Å². The number of ether oxygens (including phenoxy) is 1. The van der Waals surface area contributed by atoms with Crippen LogP contribution >= 0.6 is 0 Å². The Labute approximate surface area is 335 Å². The van der Waals surface area contributed by atoms with E-state index in [4.69, 9.17) is 4.74 Å². The first kappa shape index (κ1) is 42.2. The van der Waals surface area contributed by atoms with Crippen LogP contribution in [-0.4, -0.2) is 58.7 Å². The number of halogens is 4. The lowest BCUT2D eigenvalue weighted by molar-refractivity contribution is -0.137. The Morgan fingerprint density at radius 2 is 1.02 bits per heavy atom. The molecule has 1 unspecified atom stereocenters. The average Bonchev–Trinajstić information content (AvgIpc) is 3.22. The molecule has 306 valence electrons. The minimum atomic E-state index is -4.41. The first-order chi connectivity index (χ1) is 27.7. The number of carbonyl (C=O) groups is 4. The van der Waals surface area contributed by atoms with Crippen molar-refractivity contribution in [1.82, 2.24) is 20.4 Å². The van der Waals surface area contributed by atoms with E-state index in [1.807, 2.05) is 18.7 Å². The Balaban J connectivity index is 0.981.